The van der Waals surface area contributed by atoms with E-state index in [-0.39, 0.29) is 6.61 Å². The van der Waals surface area contributed by atoms with Gasteiger partial charge >= 0.3 is 0 Å². The number of aromatic nitrogens is 1. The Balaban J connectivity index is 1.89. The zero-order valence-corrected chi connectivity index (χ0v) is 8.92. The van der Waals surface area contributed by atoms with Crippen molar-refractivity contribution in [2.45, 2.75) is 38.4 Å². The van der Waals surface area contributed by atoms with E-state index >= 15 is 0 Å². The molecule has 2 heterocycles. The van der Waals surface area contributed by atoms with Gasteiger partial charge in [-0.2, -0.15) is 0 Å². The minimum atomic E-state index is 0.0437. The topological polar surface area (TPSA) is 42.4 Å². The average molecular weight is 213 g/mol. The number of nitrogens with zero attached hydrogens (tertiary/aromatic N) is 1. The summed E-state index contributed by atoms with van der Waals surface area (Å²) in [6, 6.07) is 0. The highest BCUT2D eigenvalue weighted by Gasteiger charge is 2.15. The Morgan fingerprint density at radius 1 is 1.57 bits per heavy atom. The maximum atomic E-state index is 8.87. The van der Waals surface area contributed by atoms with Crippen molar-refractivity contribution in [2.75, 3.05) is 6.61 Å². The predicted molar refractivity (Wildman–Crippen MR) is 55.3 cm³/mol. The summed E-state index contributed by atoms with van der Waals surface area (Å²) >= 11 is 1.62. The molecule has 2 rings (SSSR count). The molecule has 1 aliphatic heterocycles. The van der Waals surface area contributed by atoms with Gasteiger partial charge in [-0.25, -0.2) is 4.98 Å². The van der Waals surface area contributed by atoms with Gasteiger partial charge in [0.2, 0.25) is 0 Å². The minimum Gasteiger partial charge on any atom is -0.390 e. The van der Waals surface area contributed by atoms with E-state index < -0.39 is 0 Å². The van der Waals surface area contributed by atoms with Gasteiger partial charge in [0.25, 0.3) is 0 Å². The van der Waals surface area contributed by atoms with E-state index in [9.17, 15) is 0 Å². The number of ether oxygens (including phenoxy) is 1. The Kier molecular flexibility index (Phi) is 3.50. The lowest BCUT2D eigenvalue weighted by atomic mass is 10.1. The molecule has 0 spiro atoms. The molecule has 1 saturated heterocycles. The van der Waals surface area contributed by atoms with Crippen LogP contribution in [0.3, 0.4) is 0 Å². The first-order chi connectivity index (χ1) is 6.88. The van der Waals surface area contributed by atoms with Gasteiger partial charge in [-0.05, 0) is 19.3 Å². The number of hydrogen-bond acceptors (Lipinski definition) is 4. The van der Waals surface area contributed by atoms with Gasteiger partial charge in [-0.1, -0.05) is 0 Å². The van der Waals surface area contributed by atoms with E-state index in [0.29, 0.717) is 6.10 Å². The van der Waals surface area contributed by atoms with E-state index in [1.165, 1.54) is 12.8 Å². The zero-order valence-electron chi connectivity index (χ0n) is 8.11. The Labute approximate surface area is 87.7 Å². The van der Waals surface area contributed by atoms with Crippen molar-refractivity contribution in [2.24, 2.45) is 0 Å². The predicted octanol–water partition coefficient (Wildman–Crippen LogP) is 1.75. The molecule has 1 aromatic heterocycles. The van der Waals surface area contributed by atoms with Crippen LogP contribution in [0.4, 0.5) is 0 Å². The SMILES string of the molecule is OCc1csc(CC2CCCCO2)n1. The van der Waals surface area contributed by atoms with Crippen LogP contribution in [0.2, 0.25) is 0 Å². The van der Waals surface area contributed by atoms with E-state index in [0.717, 1.165) is 30.2 Å². The van der Waals surface area contributed by atoms with Crippen LogP contribution in [-0.4, -0.2) is 22.8 Å². The summed E-state index contributed by atoms with van der Waals surface area (Å²) in [7, 11) is 0. The van der Waals surface area contributed by atoms with E-state index in [1.54, 1.807) is 11.3 Å². The van der Waals surface area contributed by atoms with Crippen LogP contribution >= 0.6 is 11.3 Å². The Hall–Kier alpha value is -0.450. The maximum absolute atomic E-state index is 8.87. The number of hydrogen-bond donors (Lipinski definition) is 1. The van der Waals surface area contributed by atoms with Crippen molar-refractivity contribution in [3.63, 3.8) is 0 Å². The van der Waals surface area contributed by atoms with Crippen LogP contribution in [0.5, 0.6) is 0 Å². The standard InChI is InChI=1S/C10H15NO2S/c12-6-8-7-14-10(11-8)5-9-3-1-2-4-13-9/h7,9,12H,1-6H2. The summed E-state index contributed by atoms with van der Waals surface area (Å²) in [5.74, 6) is 0. The molecule has 0 aliphatic carbocycles. The van der Waals surface area contributed by atoms with Gasteiger partial charge in [0, 0.05) is 18.4 Å². The molecule has 1 atom stereocenters. The monoisotopic (exact) mass is 213 g/mol. The van der Waals surface area contributed by atoms with Gasteiger partial charge < -0.3 is 9.84 Å². The fraction of sp³-hybridized carbons (Fsp3) is 0.700. The number of aliphatic hydroxyl groups is 1. The van der Waals surface area contributed by atoms with Gasteiger partial charge in [-0.3, -0.25) is 0 Å². The molecule has 0 aromatic carbocycles. The maximum Gasteiger partial charge on any atom is 0.0955 e. The molecular formula is C10H15NO2S. The first kappa shape index (κ1) is 10.1. The summed E-state index contributed by atoms with van der Waals surface area (Å²) in [5.41, 5.74) is 0.779. The van der Waals surface area contributed by atoms with Crippen molar-refractivity contribution in [1.29, 1.82) is 0 Å². The lowest BCUT2D eigenvalue weighted by molar-refractivity contribution is 0.0167. The summed E-state index contributed by atoms with van der Waals surface area (Å²) < 4.78 is 5.63. The van der Waals surface area contributed by atoms with E-state index in [4.69, 9.17) is 9.84 Å². The number of rotatable bonds is 3. The first-order valence-electron chi connectivity index (χ1n) is 5.04. The highest BCUT2D eigenvalue weighted by Crippen LogP contribution is 2.19. The Morgan fingerprint density at radius 2 is 2.50 bits per heavy atom. The molecule has 3 nitrogen and oxygen atoms in total. The molecule has 1 fully saturated rings. The van der Waals surface area contributed by atoms with E-state index in [1.807, 2.05) is 5.38 Å². The third-order valence-electron chi connectivity index (χ3n) is 2.44. The molecule has 1 unspecified atom stereocenters. The van der Waals surface area contributed by atoms with Crippen molar-refractivity contribution >= 4 is 11.3 Å². The van der Waals surface area contributed by atoms with Crippen LogP contribution in [0.25, 0.3) is 0 Å². The third-order valence-corrected chi connectivity index (χ3v) is 3.36. The van der Waals surface area contributed by atoms with Crippen LogP contribution in [-0.2, 0) is 17.8 Å². The largest absolute Gasteiger partial charge is 0.390 e. The molecular weight excluding hydrogens is 198 g/mol. The first-order valence-corrected chi connectivity index (χ1v) is 5.92. The fourth-order valence-electron chi connectivity index (χ4n) is 1.68. The minimum absolute atomic E-state index is 0.0437. The second-order valence-corrected chi connectivity index (χ2v) is 4.53. The Morgan fingerprint density at radius 3 is 3.14 bits per heavy atom. The molecule has 1 aliphatic rings. The molecule has 0 amide bonds. The molecule has 78 valence electrons. The van der Waals surface area contributed by atoms with Gasteiger partial charge in [-0.15, -0.1) is 11.3 Å². The second-order valence-electron chi connectivity index (χ2n) is 3.58. The normalized spacial score (nSPS) is 22.5. The smallest absolute Gasteiger partial charge is 0.0955 e. The van der Waals surface area contributed by atoms with Crippen LogP contribution in [0.1, 0.15) is 30.0 Å². The van der Waals surface area contributed by atoms with Crippen molar-refractivity contribution < 1.29 is 9.84 Å². The highest BCUT2D eigenvalue weighted by molar-refractivity contribution is 7.09. The van der Waals surface area contributed by atoms with Crippen LogP contribution in [0.15, 0.2) is 5.38 Å². The lowest BCUT2D eigenvalue weighted by Gasteiger charge is -2.21. The lowest BCUT2D eigenvalue weighted by Crippen LogP contribution is -2.21. The van der Waals surface area contributed by atoms with Gasteiger partial charge in [0.15, 0.2) is 0 Å². The van der Waals surface area contributed by atoms with Gasteiger partial charge in [0.1, 0.15) is 0 Å². The molecule has 0 saturated carbocycles. The van der Waals surface area contributed by atoms with Crippen LogP contribution in [0, 0.1) is 0 Å². The third kappa shape index (κ3) is 2.53. The quantitative estimate of drug-likeness (QED) is 0.831. The average Bonchev–Trinajstić information content (AvgIpc) is 2.67. The van der Waals surface area contributed by atoms with Crippen molar-refractivity contribution in [1.82, 2.24) is 4.98 Å². The van der Waals surface area contributed by atoms with Crippen molar-refractivity contribution in [3.8, 4) is 0 Å². The highest BCUT2D eigenvalue weighted by atomic mass is 32.1. The van der Waals surface area contributed by atoms with Crippen LogP contribution < -0.4 is 0 Å². The number of aliphatic hydroxyl groups excluding tert-OH is 1. The summed E-state index contributed by atoms with van der Waals surface area (Å²) in [4.78, 5) is 4.31. The van der Waals surface area contributed by atoms with Crippen molar-refractivity contribution in [3.05, 3.63) is 16.1 Å². The number of thiazole rings is 1. The molecule has 4 heteroatoms. The molecule has 14 heavy (non-hydrogen) atoms. The second kappa shape index (κ2) is 4.87. The summed E-state index contributed by atoms with van der Waals surface area (Å²) in [6.07, 6.45) is 4.86. The van der Waals surface area contributed by atoms with Gasteiger partial charge in [0.05, 0.1) is 23.4 Å². The summed E-state index contributed by atoms with van der Waals surface area (Å²) in [6.45, 7) is 0.935. The zero-order chi connectivity index (χ0) is 9.80. The molecule has 0 bridgehead atoms. The molecule has 1 N–H and O–H groups in total. The fourth-order valence-corrected chi connectivity index (χ4v) is 2.53. The molecule has 1 aromatic rings. The van der Waals surface area contributed by atoms with E-state index in [2.05, 4.69) is 4.98 Å². The Bertz CT molecular complexity index is 281. The summed E-state index contributed by atoms with van der Waals surface area (Å²) in [5, 5.41) is 11.9. The molecule has 0 radical (unpaired) electrons.